The highest BCUT2D eigenvalue weighted by molar-refractivity contribution is 6.42. The van der Waals surface area contributed by atoms with Crippen molar-refractivity contribution < 1.29 is 13.9 Å². The number of nitrogens with one attached hydrogen (secondary N) is 1. The van der Waals surface area contributed by atoms with Crippen molar-refractivity contribution in [3.8, 4) is 0 Å². The number of aromatic amines is 1. The zero-order valence-electron chi connectivity index (χ0n) is 17.4. The maximum atomic E-state index is 13.7. The lowest BCUT2D eigenvalue weighted by Crippen LogP contribution is -2.39. The SMILES string of the molecule is CCOC(=O)C1=NN(c2ccccc2)[C@@H](c2c[nH]c3ccccc23)N1c1ccc(F)cc1. The monoisotopic (exact) mass is 428 g/mol. The zero-order valence-corrected chi connectivity index (χ0v) is 17.4. The minimum Gasteiger partial charge on any atom is -0.460 e. The van der Waals surface area contributed by atoms with Gasteiger partial charge < -0.3 is 9.72 Å². The van der Waals surface area contributed by atoms with Gasteiger partial charge in [-0.25, -0.2) is 14.2 Å². The van der Waals surface area contributed by atoms with E-state index >= 15 is 0 Å². The average Bonchev–Trinajstić information content (AvgIpc) is 3.42. The topological polar surface area (TPSA) is 60.9 Å². The number of hydrogen-bond donors (Lipinski definition) is 1. The van der Waals surface area contributed by atoms with Crippen molar-refractivity contribution in [1.29, 1.82) is 0 Å². The molecule has 7 heteroatoms. The third kappa shape index (κ3) is 3.37. The maximum absolute atomic E-state index is 13.7. The fourth-order valence-electron chi connectivity index (χ4n) is 3.99. The molecule has 2 heterocycles. The summed E-state index contributed by atoms with van der Waals surface area (Å²) in [6.45, 7) is 1.97. The molecule has 4 aromatic rings. The van der Waals surface area contributed by atoms with Gasteiger partial charge in [0.1, 0.15) is 5.82 Å². The first-order valence-corrected chi connectivity index (χ1v) is 10.4. The van der Waals surface area contributed by atoms with E-state index in [4.69, 9.17) is 9.84 Å². The average molecular weight is 428 g/mol. The number of rotatable bonds is 5. The zero-order chi connectivity index (χ0) is 22.1. The van der Waals surface area contributed by atoms with Gasteiger partial charge in [0.2, 0.25) is 5.84 Å². The molecule has 1 aliphatic rings. The highest BCUT2D eigenvalue weighted by Crippen LogP contribution is 2.41. The standard InChI is InChI=1S/C25H21FN4O2/c1-2-32-25(31)23-28-30(19-8-4-3-5-9-19)24(29(23)18-14-12-17(26)13-15-18)21-16-27-22-11-7-6-10-20(21)22/h3-16,24,27H,2H2,1H3/t24-/m0/s1. The van der Waals surface area contributed by atoms with Gasteiger partial charge in [-0.2, -0.15) is 0 Å². The Morgan fingerprint density at radius 3 is 2.47 bits per heavy atom. The van der Waals surface area contributed by atoms with Gasteiger partial charge in [-0.1, -0.05) is 36.4 Å². The molecule has 1 aromatic heterocycles. The van der Waals surface area contributed by atoms with E-state index in [1.54, 1.807) is 29.0 Å². The van der Waals surface area contributed by atoms with Crippen LogP contribution in [-0.2, 0) is 9.53 Å². The largest absolute Gasteiger partial charge is 0.460 e. The van der Waals surface area contributed by atoms with Crippen LogP contribution in [-0.4, -0.2) is 23.4 Å². The highest BCUT2D eigenvalue weighted by Gasteiger charge is 2.42. The number of hydrogen-bond acceptors (Lipinski definition) is 5. The number of esters is 1. The number of carbonyl (C=O) groups is 1. The molecule has 160 valence electrons. The van der Waals surface area contributed by atoms with E-state index < -0.39 is 12.1 Å². The Morgan fingerprint density at radius 2 is 1.72 bits per heavy atom. The van der Waals surface area contributed by atoms with Crippen molar-refractivity contribution in [2.24, 2.45) is 5.10 Å². The van der Waals surface area contributed by atoms with E-state index in [1.165, 1.54) is 12.1 Å². The van der Waals surface area contributed by atoms with Crippen LogP contribution in [0.4, 0.5) is 15.8 Å². The number of H-pyrrole nitrogens is 1. The van der Waals surface area contributed by atoms with Crippen LogP contribution in [0, 0.1) is 5.82 Å². The molecule has 0 saturated heterocycles. The maximum Gasteiger partial charge on any atom is 0.376 e. The number of amidine groups is 1. The number of para-hydroxylation sites is 2. The van der Waals surface area contributed by atoms with Crippen molar-refractivity contribution in [3.63, 3.8) is 0 Å². The second-order valence-electron chi connectivity index (χ2n) is 7.33. The Balaban J connectivity index is 1.73. The minimum absolute atomic E-state index is 0.137. The number of halogens is 1. The molecule has 3 aromatic carbocycles. The van der Waals surface area contributed by atoms with Gasteiger partial charge in [-0.3, -0.25) is 4.90 Å². The third-order valence-electron chi connectivity index (χ3n) is 5.39. The Morgan fingerprint density at radius 1 is 1.00 bits per heavy atom. The molecule has 0 unspecified atom stereocenters. The Kier molecular flexibility index (Phi) is 5.07. The fraction of sp³-hybridized carbons (Fsp3) is 0.120. The molecule has 0 amide bonds. The van der Waals surface area contributed by atoms with Crippen LogP contribution in [0.2, 0.25) is 0 Å². The molecule has 0 radical (unpaired) electrons. The number of anilines is 2. The predicted molar refractivity (Wildman–Crippen MR) is 123 cm³/mol. The van der Waals surface area contributed by atoms with Gasteiger partial charge in [-0.05, 0) is 49.4 Å². The molecule has 32 heavy (non-hydrogen) atoms. The van der Waals surface area contributed by atoms with Gasteiger partial charge in [-0.15, -0.1) is 5.10 Å². The van der Waals surface area contributed by atoms with E-state index in [0.717, 1.165) is 22.2 Å². The van der Waals surface area contributed by atoms with Crippen LogP contribution in [0.25, 0.3) is 10.9 Å². The number of benzene rings is 3. The lowest BCUT2D eigenvalue weighted by molar-refractivity contribution is -0.135. The first-order chi connectivity index (χ1) is 15.7. The van der Waals surface area contributed by atoms with Crippen molar-refractivity contribution in [2.75, 3.05) is 16.5 Å². The number of fused-ring (bicyclic) bond motifs is 1. The van der Waals surface area contributed by atoms with Gasteiger partial charge >= 0.3 is 5.97 Å². The van der Waals surface area contributed by atoms with Crippen molar-refractivity contribution in [2.45, 2.75) is 13.1 Å². The number of carbonyl (C=O) groups excluding carboxylic acids is 1. The van der Waals surface area contributed by atoms with Crippen molar-refractivity contribution in [3.05, 3.63) is 96.4 Å². The molecule has 6 nitrogen and oxygen atoms in total. The fourth-order valence-corrected chi connectivity index (χ4v) is 3.99. The first-order valence-electron chi connectivity index (χ1n) is 10.4. The second kappa shape index (κ2) is 8.19. The Hall–Kier alpha value is -4.13. The van der Waals surface area contributed by atoms with Gasteiger partial charge in [0.25, 0.3) is 0 Å². The third-order valence-corrected chi connectivity index (χ3v) is 5.39. The summed E-state index contributed by atoms with van der Waals surface area (Å²) in [7, 11) is 0. The summed E-state index contributed by atoms with van der Waals surface area (Å²) in [5, 5.41) is 7.50. The van der Waals surface area contributed by atoms with E-state index in [-0.39, 0.29) is 18.3 Å². The molecule has 5 rings (SSSR count). The van der Waals surface area contributed by atoms with E-state index in [2.05, 4.69) is 4.98 Å². The van der Waals surface area contributed by atoms with Gasteiger partial charge in [0.15, 0.2) is 6.17 Å². The number of hydrazone groups is 1. The summed E-state index contributed by atoms with van der Waals surface area (Å²) < 4.78 is 19.0. The predicted octanol–water partition coefficient (Wildman–Crippen LogP) is 5.21. The molecular formula is C25H21FN4O2. The molecule has 0 bridgehead atoms. The molecule has 1 N–H and O–H groups in total. The lowest BCUT2D eigenvalue weighted by Gasteiger charge is -2.31. The summed E-state index contributed by atoms with van der Waals surface area (Å²) in [6.07, 6.45) is 1.43. The summed E-state index contributed by atoms with van der Waals surface area (Å²) in [5.41, 5.74) is 3.34. The molecule has 1 atom stereocenters. The van der Waals surface area contributed by atoms with E-state index in [9.17, 15) is 9.18 Å². The van der Waals surface area contributed by atoms with Gasteiger partial charge in [0, 0.05) is 28.4 Å². The Labute approximate surface area is 184 Å². The number of aromatic nitrogens is 1. The van der Waals surface area contributed by atoms with Crippen molar-refractivity contribution in [1.82, 2.24) is 4.98 Å². The van der Waals surface area contributed by atoms with Crippen LogP contribution in [0.3, 0.4) is 0 Å². The highest BCUT2D eigenvalue weighted by atomic mass is 19.1. The van der Waals surface area contributed by atoms with Gasteiger partial charge in [0.05, 0.1) is 12.3 Å². The normalized spacial score (nSPS) is 15.8. The van der Waals surface area contributed by atoms with E-state index in [0.29, 0.717) is 5.69 Å². The van der Waals surface area contributed by atoms with Crippen LogP contribution in [0.1, 0.15) is 18.7 Å². The first kappa shape index (κ1) is 19.8. The lowest BCUT2D eigenvalue weighted by atomic mass is 10.1. The summed E-state index contributed by atoms with van der Waals surface area (Å²) in [6, 6.07) is 23.6. The van der Waals surface area contributed by atoms with Crippen LogP contribution in [0.15, 0.2) is 90.2 Å². The molecule has 0 aliphatic carbocycles. The summed E-state index contributed by atoms with van der Waals surface area (Å²) in [5.74, 6) is -0.760. The summed E-state index contributed by atoms with van der Waals surface area (Å²) in [4.78, 5) is 18.0. The molecule has 1 aliphatic heterocycles. The van der Waals surface area contributed by atoms with E-state index in [1.807, 2.05) is 60.8 Å². The smallest absolute Gasteiger partial charge is 0.376 e. The molecular weight excluding hydrogens is 407 g/mol. The summed E-state index contributed by atoms with van der Waals surface area (Å²) >= 11 is 0. The van der Waals surface area contributed by atoms with Crippen molar-refractivity contribution >= 4 is 34.1 Å². The second-order valence-corrected chi connectivity index (χ2v) is 7.33. The molecule has 0 fully saturated rings. The quantitative estimate of drug-likeness (QED) is 0.444. The van der Waals surface area contributed by atoms with Crippen LogP contribution < -0.4 is 9.91 Å². The molecule has 0 saturated carbocycles. The molecule has 0 spiro atoms. The number of nitrogens with zero attached hydrogens (tertiary/aromatic N) is 3. The van der Waals surface area contributed by atoms with Crippen LogP contribution in [0.5, 0.6) is 0 Å². The Bertz CT molecular complexity index is 1280. The van der Waals surface area contributed by atoms with Crippen LogP contribution >= 0.6 is 0 Å². The minimum atomic E-state index is -0.542. The number of ether oxygens (including phenoxy) is 1.